The van der Waals surface area contributed by atoms with E-state index in [9.17, 15) is 14.0 Å². The number of aromatic carboxylic acids is 1. The number of carboxylic acids is 1. The first-order valence-corrected chi connectivity index (χ1v) is 4.80. The quantitative estimate of drug-likeness (QED) is 0.783. The van der Waals surface area contributed by atoms with E-state index in [0.717, 1.165) is 18.2 Å². The van der Waals surface area contributed by atoms with Crippen LogP contribution in [0.5, 0.6) is 0 Å². The third kappa shape index (κ3) is 3.61. The van der Waals surface area contributed by atoms with Gasteiger partial charge in [0.1, 0.15) is 5.82 Å². The molecule has 4 nitrogen and oxygen atoms in total. The molecule has 2 N–H and O–H groups in total. The van der Waals surface area contributed by atoms with Crippen molar-refractivity contribution in [3.63, 3.8) is 0 Å². The van der Waals surface area contributed by atoms with Gasteiger partial charge in [0.25, 0.3) is 0 Å². The van der Waals surface area contributed by atoms with Gasteiger partial charge in [-0.05, 0) is 18.2 Å². The fourth-order valence-corrected chi connectivity index (χ4v) is 1.20. The predicted octanol–water partition coefficient (Wildman–Crippen LogP) is 1.88. The number of benzene rings is 1. The molecule has 0 atom stereocenters. The van der Waals surface area contributed by atoms with Crippen LogP contribution in [0.25, 0.3) is 0 Å². The number of nitrogens with one attached hydrogen (secondary N) is 1. The van der Waals surface area contributed by atoms with E-state index in [1.54, 1.807) is 0 Å². The van der Waals surface area contributed by atoms with E-state index in [2.05, 4.69) is 11.2 Å². The molecule has 0 aromatic heterocycles. The molecule has 0 spiro atoms. The molecule has 0 aliphatic heterocycles. The fraction of sp³-hybridized carbons (Fsp3) is 0.167. The van der Waals surface area contributed by atoms with Crippen LogP contribution >= 0.6 is 0 Å². The van der Waals surface area contributed by atoms with Crippen LogP contribution in [0.4, 0.5) is 10.1 Å². The van der Waals surface area contributed by atoms with Crippen LogP contribution in [0.2, 0.25) is 0 Å². The van der Waals surface area contributed by atoms with Gasteiger partial charge in [-0.1, -0.05) is 0 Å². The van der Waals surface area contributed by atoms with E-state index in [1.165, 1.54) is 0 Å². The number of carbonyl (C=O) groups is 2. The van der Waals surface area contributed by atoms with Crippen LogP contribution < -0.4 is 5.32 Å². The molecule has 5 heteroatoms. The van der Waals surface area contributed by atoms with Gasteiger partial charge in [0, 0.05) is 12.8 Å². The fourth-order valence-electron chi connectivity index (χ4n) is 1.20. The molecule has 0 saturated carbocycles. The zero-order chi connectivity index (χ0) is 12.8. The normalized spacial score (nSPS) is 9.41. The average molecular weight is 235 g/mol. The number of hydrogen-bond acceptors (Lipinski definition) is 2. The Labute approximate surface area is 97.5 Å². The van der Waals surface area contributed by atoms with Crippen LogP contribution in [0, 0.1) is 18.2 Å². The molecule has 0 heterocycles. The van der Waals surface area contributed by atoms with Gasteiger partial charge in [0.15, 0.2) is 0 Å². The highest BCUT2D eigenvalue weighted by atomic mass is 19.1. The first-order chi connectivity index (χ1) is 8.04. The van der Waals surface area contributed by atoms with Gasteiger partial charge in [-0.2, -0.15) is 0 Å². The topological polar surface area (TPSA) is 66.4 Å². The predicted molar refractivity (Wildman–Crippen MR) is 60.1 cm³/mol. The number of terminal acetylenes is 1. The lowest BCUT2D eigenvalue weighted by molar-refractivity contribution is -0.116. The standard InChI is InChI=1S/C12H10FNO3/c1-2-3-4-11(15)14-10-7-8(13)5-6-9(10)12(16)17/h1,5-7H,3-4H2,(H,14,15)(H,16,17). The van der Waals surface area contributed by atoms with Gasteiger partial charge in [-0.3, -0.25) is 4.79 Å². The maximum atomic E-state index is 12.9. The Morgan fingerprint density at radius 3 is 2.76 bits per heavy atom. The van der Waals surface area contributed by atoms with Crippen molar-refractivity contribution in [2.75, 3.05) is 5.32 Å². The summed E-state index contributed by atoms with van der Waals surface area (Å²) in [6, 6.07) is 3.06. The molecule has 1 rings (SSSR count). The molecule has 88 valence electrons. The van der Waals surface area contributed by atoms with E-state index in [4.69, 9.17) is 11.5 Å². The summed E-state index contributed by atoms with van der Waals surface area (Å²) in [4.78, 5) is 22.2. The first-order valence-electron chi connectivity index (χ1n) is 4.80. The lowest BCUT2D eigenvalue weighted by Gasteiger charge is -2.07. The van der Waals surface area contributed by atoms with Crippen LogP contribution in [-0.4, -0.2) is 17.0 Å². The molecule has 0 bridgehead atoms. The first kappa shape index (κ1) is 12.7. The number of anilines is 1. The summed E-state index contributed by atoms with van der Waals surface area (Å²) in [5.74, 6) is -0.0278. The Kier molecular flexibility index (Phi) is 4.23. The van der Waals surface area contributed by atoms with Crippen molar-refractivity contribution in [1.82, 2.24) is 0 Å². The summed E-state index contributed by atoms with van der Waals surface area (Å²) >= 11 is 0. The van der Waals surface area contributed by atoms with E-state index in [-0.39, 0.29) is 24.1 Å². The van der Waals surface area contributed by atoms with Gasteiger partial charge in [-0.15, -0.1) is 12.3 Å². The summed E-state index contributed by atoms with van der Waals surface area (Å²) in [7, 11) is 0. The SMILES string of the molecule is C#CCCC(=O)Nc1cc(F)ccc1C(=O)O. The van der Waals surface area contributed by atoms with Crippen molar-refractivity contribution < 1.29 is 19.1 Å². The lowest BCUT2D eigenvalue weighted by Crippen LogP contribution is -2.14. The van der Waals surface area contributed by atoms with Crippen LogP contribution in [0.1, 0.15) is 23.2 Å². The molecular formula is C12H10FNO3. The molecule has 1 amide bonds. The largest absolute Gasteiger partial charge is 0.478 e. The highest BCUT2D eigenvalue weighted by Gasteiger charge is 2.12. The average Bonchev–Trinajstić information content (AvgIpc) is 2.26. The Morgan fingerprint density at radius 2 is 2.18 bits per heavy atom. The molecule has 17 heavy (non-hydrogen) atoms. The van der Waals surface area contributed by atoms with Crippen molar-refractivity contribution in [3.05, 3.63) is 29.6 Å². The van der Waals surface area contributed by atoms with E-state index < -0.39 is 17.7 Å². The molecule has 0 unspecified atom stereocenters. The van der Waals surface area contributed by atoms with Crippen molar-refractivity contribution >= 4 is 17.6 Å². The summed E-state index contributed by atoms with van der Waals surface area (Å²) in [6.07, 6.45) is 5.29. The number of rotatable bonds is 4. The molecule has 0 aliphatic carbocycles. The van der Waals surface area contributed by atoms with E-state index in [0.29, 0.717) is 0 Å². The lowest BCUT2D eigenvalue weighted by atomic mass is 10.1. The minimum atomic E-state index is -1.24. The minimum absolute atomic E-state index is 0.0616. The zero-order valence-corrected chi connectivity index (χ0v) is 8.87. The number of amides is 1. The third-order valence-corrected chi connectivity index (χ3v) is 1.98. The third-order valence-electron chi connectivity index (χ3n) is 1.98. The van der Waals surface area contributed by atoms with Gasteiger partial charge in [-0.25, -0.2) is 9.18 Å². The van der Waals surface area contributed by atoms with Gasteiger partial charge >= 0.3 is 5.97 Å². The maximum absolute atomic E-state index is 12.9. The Hall–Kier alpha value is -2.35. The molecule has 0 radical (unpaired) electrons. The van der Waals surface area contributed by atoms with Crippen LogP contribution in [0.3, 0.4) is 0 Å². The molecule has 1 aromatic rings. The summed E-state index contributed by atoms with van der Waals surface area (Å²) < 4.78 is 12.9. The highest BCUT2D eigenvalue weighted by molar-refractivity contribution is 6.00. The van der Waals surface area contributed by atoms with Gasteiger partial charge < -0.3 is 10.4 Å². The summed E-state index contributed by atoms with van der Waals surface area (Å²) in [5.41, 5.74) is -0.236. The molecule has 0 fully saturated rings. The van der Waals surface area contributed by atoms with Gasteiger partial charge in [0.2, 0.25) is 5.91 Å². The van der Waals surface area contributed by atoms with Crippen LogP contribution in [0.15, 0.2) is 18.2 Å². The molecule has 1 aromatic carbocycles. The highest BCUT2D eigenvalue weighted by Crippen LogP contribution is 2.17. The Morgan fingerprint density at radius 1 is 1.47 bits per heavy atom. The van der Waals surface area contributed by atoms with Crippen LogP contribution in [-0.2, 0) is 4.79 Å². The Bertz CT molecular complexity index is 491. The molecular weight excluding hydrogens is 225 g/mol. The minimum Gasteiger partial charge on any atom is -0.478 e. The molecule has 0 saturated heterocycles. The van der Waals surface area contributed by atoms with Crippen molar-refractivity contribution in [2.24, 2.45) is 0 Å². The number of hydrogen-bond donors (Lipinski definition) is 2. The maximum Gasteiger partial charge on any atom is 0.337 e. The second-order valence-corrected chi connectivity index (χ2v) is 3.25. The van der Waals surface area contributed by atoms with E-state index >= 15 is 0 Å². The van der Waals surface area contributed by atoms with Gasteiger partial charge in [0.05, 0.1) is 11.3 Å². The molecule has 0 aliphatic rings. The van der Waals surface area contributed by atoms with Crippen molar-refractivity contribution in [2.45, 2.75) is 12.8 Å². The number of carboxylic acid groups (broad SMARTS) is 1. The van der Waals surface area contributed by atoms with Crippen molar-refractivity contribution in [1.29, 1.82) is 0 Å². The zero-order valence-electron chi connectivity index (χ0n) is 8.87. The second-order valence-electron chi connectivity index (χ2n) is 3.25. The monoisotopic (exact) mass is 235 g/mol. The summed E-state index contributed by atoms with van der Waals surface area (Å²) in [6.45, 7) is 0. The van der Waals surface area contributed by atoms with E-state index in [1.807, 2.05) is 0 Å². The summed E-state index contributed by atoms with van der Waals surface area (Å²) in [5, 5.41) is 11.2. The smallest absolute Gasteiger partial charge is 0.337 e. The number of carbonyl (C=O) groups excluding carboxylic acids is 1. The number of halogens is 1. The van der Waals surface area contributed by atoms with Crippen molar-refractivity contribution in [3.8, 4) is 12.3 Å². The Balaban J connectivity index is 2.89. The second kappa shape index (κ2) is 5.66.